The minimum absolute atomic E-state index is 0.0814. The zero-order valence-electron chi connectivity index (χ0n) is 5.10. The van der Waals surface area contributed by atoms with Crippen molar-refractivity contribution in [2.45, 2.75) is 0 Å². The number of nitrogens with zero attached hydrogens (tertiary/aromatic N) is 1. The summed E-state index contributed by atoms with van der Waals surface area (Å²) in [5, 5.41) is 0. The molecule has 0 heterocycles. The van der Waals surface area contributed by atoms with E-state index in [-0.39, 0.29) is 8.81 Å². The fourth-order valence-corrected chi connectivity index (χ4v) is 0.636. The first kappa shape index (κ1) is 7.35. The molecular weight excluding hydrogens is 109 g/mol. The normalized spacial score (nSPS) is 13.7. The maximum atomic E-state index is 8.41. The summed E-state index contributed by atoms with van der Waals surface area (Å²) in [5.41, 5.74) is 0. The Bertz CT molecular complexity index is 50.1. The molecule has 0 aromatic heterocycles. The van der Waals surface area contributed by atoms with Gasteiger partial charge in [-0.3, -0.25) is 0 Å². The number of hydrogen-bond acceptors (Lipinski definition) is 1. The van der Waals surface area contributed by atoms with Gasteiger partial charge in [0.15, 0.2) is 0 Å². The highest BCUT2D eigenvalue weighted by atomic mass is 31.1. The predicted octanol–water partition coefficient (Wildman–Crippen LogP) is 0.236. The maximum Gasteiger partial charge on any atom is 0.118 e. The van der Waals surface area contributed by atoms with Gasteiger partial charge in [0, 0.05) is 0 Å². The van der Waals surface area contributed by atoms with E-state index >= 15 is 0 Å². The van der Waals surface area contributed by atoms with Crippen molar-refractivity contribution in [1.29, 1.82) is 0 Å². The fourth-order valence-electron chi connectivity index (χ4n) is 0.212. The molecule has 1 atom stereocenters. The van der Waals surface area contributed by atoms with Gasteiger partial charge in [-0.25, -0.2) is 0 Å². The van der Waals surface area contributed by atoms with Crippen LogP contribution in [-0.2, 0) is 0 Å². The van der Waals surface area contributed by atoms with Gasteiger partial charge in [0.05, 0.1) is 30.0 Å². The smallest absolute Gasteiger partial charge is 0.118 e. The Kier molecular flexibility index (Phi) is 2.74. The lowest BCUT2D eigenvalue weighted by Crippen LogP contribution is -2.32. The molecule has 0 aromatic carbocycles. The van der Waals surface area contributed by atoms with Crippen molar-refractivity contribution in [2.24, 2.45) is 0 Å². The molecule has 1 unspecified atom stereocenters. The van der Waals surface area contributed by atoms with Crippen molar-refractivity contribution in [3.63, 3.8) is 0 Å². The quantitative estimate of drug-likeness (QED) is 0.411. The van der Waals surface area contributed by atoms with Crippen molar-refractivity contribution in [1.82, 2.24) is 0 Å². The molecule has 7 heavy (non-hydrogen) atoms. The van der Waals surface area contributed by atoms with Crippen LogP contribution in [0, 0.1) is 0 Å². The summed E-state index contributed by atoms with van der Waals surface area (Å²) in [6, 6.07) is 0. The van der Waals surface area contributed by atoms with Gasteiger partial charge in [-0.1, -0.05) is 0 Å². The molecule has 0 aliphatic carbocycles. The number of hydrogen-bond donors (Lipinski definition) is 1. The van der Waals surface area contributed by atoms with Crippen molar-refractivity contribution < 1.29 is 9.38 Å². The molecule has 0 aliphatic rings. The zero-order chi connectivity index (χ0) is 5.91. The van der Waals surface area contributed by atoms with Gasteiger partial charge in [0.1, 0.15) is 6.29 Å². The SMILES string of the molecule is C[N+](C)(C)CPO. The van der Waals surface area contributed by atoms with Gasteiger partial charge in [0.2, 0.25) is 0 Å². The van der Waals surface area contributed by atoms with E-state index in [9.17, 15) is 0 Å². The van der Waals surface area contributed by atoms with Gasteiger partial charge in [0.25, 0.3) is 0 Å². The maximum absolute atomic E-state index is 8.41. The molecule has 2 nitrogen and oxygen atoms in total. The van der Waals surface area contributed by atoms with Crippen LogP contribution in [0.25, 0.3) is 0 Å². The first-order chi connectivity index (χ1) is 3.06. The summed E-state index contributed by atoms with van der Waals surface area (Å²) < 4.78 is 0.856. The summed E-state index contributed by atoms with van der Waals surface area (Å²) in [5.74, 6) is 0. The third kappa shape index (κ3) is 6.35. The molecule has 0 saturated heterocycles. The van der Waals surface area contributed by atoms with E-state index in [0.717, 1.165) is 10.8 Å². The Hall–Kier alpha value is 0.350. The summed E-state index contributed by atoms with van der Waals surface area (Å²) in [6.45, 7) is 0. The van der Waals surface area contributed by atoms with Crippen molar-refractivity contribution in [3.8, 4) is 0 Å². The highest BCUT2D eigenvalue weighted by Crippen LogP contribution is 2.05. The minimum atomic E-state index is 0.0814. The van der Waals surface area contributed by atoms with E-state index in [4.69, 9.17) is 4.89 Å². The summed E-state index contributed by atoms with van der Waals surface area (Å²) >= 11 is 0. The Morgan fingerprint density at radius 1 is 1.43 bits per heavy atom. The van der Waals surface area contributed by atoms with Crippen LogP contribution in [0.4, 0.5) is 0 Å². The second-order valence-corrected chi connectivity index (χ2v) is 3.24. The Morgan fingerprint density at radius 2 is 1.86 bits per heavy atom. The molecule has 0 saturated carbocycles. The highest BCUT2D eigenvalue weighted by Gasteiger charge is 2.02. The molecule has 0 bridgehead atoms. The van der Waals surface area contributed by atoms with Crippen LogP contribution < -0.4 is 0 Å². The van der Waals surface area contributed by atoms with Crippen LogP contribution >= 0.6 is 8.81 Å². The molecule has 0 radical (unpaired) electrons. The molecule has 0 aromatic rings. The van der Waals surface area contributed by atoms with Gasteiger partial charge in [-0.05, 0) is 0 Å². The second kappa shape index (κ2) is 2.61. The van der Waals surface area contributed by atoms with Crippen LogP contribution in [0.15, 0.2) is 0 Å². The number of rotatable bonds is 2. The van der Waals surface area contributed by atoms with Gasteiger partial charge in [-0.2, -0.15) is 0 Å². The van der Waals surface area contributed by atoms with Gasteiger partial charge >= 0.3 is 0 Å². The largest absolute Gasteiger partial charge is 0.371 e. The molecule has 3 heteroatoms. The Morgan fingerprint density at radius 3 is 1.86 bits per heavy atom. The zero-order valence-corrected chi connectivity index (χ0v) is 6.10. The van der Waals surface area contributed by atoms with Gasteiger partial charge in [-0.15, -0.1) is 0 Å². The third-order valence-corrected chi connectivity index (χ3v) is 1.64. The first-order valence-corrected chi connectivity index (χ1v) is 3.39. The topological polar surface area (TPSA) is 20.2 Å². The van der Waals surface area contributed by atoms with E-state index in [0.29, 0.717) is 0 Å². The first-order valence-electron chi connectivity index (χ1n) is 2.24. The van der Waals surface area contributed by atoms with E-state index in [2.05, 4.69) is 21.1 Å². The van der Waals surface area contributed by atoms with E-state index in [1.807, 2.05) is 0 Å². The van der Waals surface area contributed by atoms with Crippen molar-refractivity contribution in [2.75, 3.05) is 27.4 Å². The van der Waals surface area contributed by atoms with Crippen LogP contribution in [0.3, 0.4) is 0 Å². The molecule has 0 rings (SSSR count). The van der Waals surface area contributed by atoms with Crippen LogP contribution in [-0.4, -0.2) is 36.8 Å². The minimum Gasteiger partial charge on any atom is -0.371 e. The monoisotopic (exact) mass is 122 g/mol. The van der Waals surface area contributed by atoms with Gasteiger partial charge < -0.3 is 9.38 Å². The van der Waals surface area contributed by atoms with E-state index in [1.165, 1.54) is 0 Å². The van der Waals surface area contributed by atoms with E-state index < -0.39 is 0 Å². The molecular formula is C4H13NOP+. The number of quaternary nitrogens is 1. The molecule has 0 aliphatic heterocycles. The standard InChI is InChI=1S/C4H13NOP/c1-5(2,3)4-7-6/h6-7H,4H2,1-3H3/q+1. The fraction of sp³-hybridized carbons (Fsp3) is 1.00. The predicted molar refractivity (Wildman–Crippen MR) is 33.4 cm³/mol. The molecule has 44 valence electrons. The Balaban J connectivity index is 3.15. The summed E-state index contributed by atoms with van der Waals surface area (Å²) in [6.07, 6.45) is 0.861. The lowest BCUT2D eigenvalue weighted by Gasteiger charge is -2.21. The van der Waals surface area contributed by atoms with Crippen LogP contribution in [0.1, 0.15) is 0 Å². The van der Waals surface area contributed by atoms with Crippen molar-refractivity contribution >= 4 is 8.81 Å². The van der Waals surface area contributed by atoms with E-state index in [1.54, 1.807) is 0 Å². The molecule has 0 amide bonds. The van der Waals surface area contributed by atoms with Crippen molar-refractivity contribution in [3.05, 3.63) is 0 Å². The summed E-state index contributed by atoms with van der Waals surface area (Å²) in [7, 11) is 6.26. The third-order valence-electron chi connectivity index (χ3n) is 0.545. The van der Waals surface area contributed by atoms with Crippen LogP contribution in [0.5, 0.6) is 0 Å². The highest BCUT2D eigenvalue weighted by molar-refractivity contribution is 7.30. The second-order valence-electron chi connectivity index (χ2n) is 2.61. The summed E-state index contributed by atoms with van der Waals surface area (Å²) in [4.78, 5) is 8.41. The van der Waals surface area contributed by atoms with Crippen LogP contribution in [0.2, 0.25) is 0 Å². The average molecular weight is 122 g/mol. The lowest BCUT2D eigenvalue weighted by atomic mass is 10.8. The Labute approximate surface area is 46.6 Å². The average Bonchev–Trinajstić information content (AvgIpc) is 1.30. The molecule has 1 N–H and O–H groups in total. The molecule has 0 spiro atoms. The molecule has 0 fully saturated rings. The lowest BCUT2D eigenvalue weighted by molar-refractivity contribution is -0.858.